The lowest BCUT2D eigenvalue weighted by Crippen LogP contribution is -1.97. The largest absolute Gasteiger partial charge is 0.455 e. The molecule has 0 spiro atoms. The average molecular weight is 733 g/mol. The number of benzene rings is 8. The van der Waals surface area contributed by atoms with Gasteiger partial charge in [-0.15, -0.1) is 11.3 Å². The molecule has 0 unspecified atom stereocenters. The molecule has 11 rings (SSSR count). The summed E-state index contributed by atoms with van der Waals surface area (Å²) in [4.78, 5) is 10.4. The molecule has 0 fully saturated rings. The fourth-order valence-corrected chi connectivity index (χ4v) is 9.25. The van der Waals surface area contributed by atoms with E-state index in [2.05, 4.69) is 176 Å². The van der Waals surface area contributed by atoms with Crippen LogP contribution in [0.2, 0.25) is 0 Å². The number of hydrogen-bond acceptors (Lipinski definition) is 4. The molecule has 0 saturated carbocycles. The van der Waals surface area contributed by atoms with Gasteiger partial charge in [0.15, 0.2) is 5.82 Å². The summed E-state index contributed by atoms with van der Waals surface area (Å²) >= 11 is 1.84. The maximum absolute atomic E-state index is 6.77. The zero-order valence-electron chi connectivity index (χ0n) is 30.2. The summed E-state index contributed by atoms with van der Waals surface area (Å²) in [6, 6.07) is 68.3. The number of thiophene rings is 1. The van der Waals surface area contributed by atoms with E-state index in [1.54, 1.807) is 0 Å². The first kappa shape index (κ1) is 32.3. The predicted octanol–water partition coefficient (Wildman–Crippen LogP) is 14.7. The van der Waals surface area contributed by atoms with Gasteiger partial charge in [0.1, 0.15) is 11.2 Å². The maximum atomic E-state index is 6.77. The molecule has 8 aromatic carbocycles. The zero-order valence-corrected chi connectivity index (χ0v) is 31.0. The van der Waals surface area contributed by atoms with Gasteiger partial charge in [0.25, 0.3) is 0 Å². The predicted molar refractivity (Wildman–Crippen MR) is 235 cm³/mol. The fourth-order valence-electron chi connectivity index (χ4n) is 8.12. The fraction of sp³-hybridized carbons (Fsp3) is 0. The monoisotopic (exact) mass is 732 g/mol. The van der Waals surface area contributed by atoms with Crippen LogP contribution in [0, 0.1) is 0 Å². The third-order valence-corrected chi connectivity index (χ3v) is 11.9. The van der Waals surface area contributed by atoms with Gasteiger partial charge in [-0.1, -0.05) is 164 Å². The Morgan fingerprint density at radius 1 is 0.357 bits per heavy atom. The van der Waals surface area contributed by atoms with Crippen molar-refractivity contribution >= 4 is 53.4 Å². The highest BCUT2D eigenvalue weighted by molar-refractivity contribution is 7.25. The Labute approximate surface area is 327 Å². The van der Waals surface area contributed by atoms with Gasteiger partial charge in [-0.25, -0.2) is 9.97 Å². The van der Waals surface area contributed by atoms with Crippen LogP contribution in [0.15, 0.2) is 199 Å². The lowest BCUT2D eigenvalue weighted by molar-refractivity contribution is 0.670. The summed E-state index contributed by atoms with van der Waals surface area (Å²) < 4.78 is 9.34. The summed E-state index contributed by atoms with van der Waals surface area (Å²) in [6.45, 7) is 0. The van der Waals surface area contributed by atoms with E-state index in [4.69, 9.17) is 14.4 Å². The van der Waals surface area contributed by atoms with Gasteiger partial charge in [0, 0.05) is 53.2 Å². The van der Waals surface area contributed by atoms with Crippen LogP contribution in [0.3, 0.4) is 0 Å². The third-order valence-electron chi connectivity index (χ3n) is 10.8. The molecule has 0 amide bonds. The van der Waals surface area contributed by atoms with E-state index in [-0.39, 0.29) is 0 Å². The number of furan rings is 1. The van der Waals surface area contributed by atoms with E-state index in [0.717, 1.165) is 77.8 Å². The molecule has 0 aliphatic rings. The Morgan fingerprint density at radius 2 is 0.911 bits per heavy atom. The van der Waals surface area contributed by atoms with E-state index in [1.165, 1.54) is 25.7 Å². The van der Waals surface area contributed by atoms with Crippen molar-refractivity contribution in [2.24, 2.45) is 0 Å². The molecule has 0 N–H and O–H groups in total. The van der Waals surface area contributed by atoms with Crippen LogP contribution in [0.1, 0.15) is 0 Å². The lowest BCUT2D eigenvalue weighted by Gasteiger charge is -2.13. The topological polar surface area (TPSA) is 38.9 Å². The molecule has 3 aromatic heterocycles. The van der Waals surface area contributed by atoms with Crippen LogP contribution in [0.25, 0.3) is 109 Å². The summed E-state index contributed by atoms with van der Waals surface area (Å²) in [5.74, 6) is 0.695. The summed E-state index contributed by atoms with van der Waals surface area (Å²) in [6.07, 6.45) is 0. The second-order valence-corrected chi connectivity index (χ2v) is 15.1. The highest BCUT2D eigenvalue weighted by Crippen LogP contribution is 2.46. The van der Waals surface area contributed by atoms with Crippen LogP contribution >= 0.6 is 11.3 Å². The van der Waals surface area contributed by atoms with Gasteiger partial charge >= 0.3 is 0 Å². The first-order valence-corrected chi connectivity index (χ1v) is 19.6. The van der Waals surface area contributed by atoms with Crippen molar-refractivity contribution in [3.05, 3.63) is 194 Å². The minimum absolute atomic E-state index is 0.695. The Kier molecular flexibility index (Phi) is 7.68. The second-order valence-electron chi connectivity index (χ2n) is 14.1. The SMILES string of the molecule is c1ccc(-c2cc(-c3ccc(-c4ccc(-c5cccc6sc7ccccc7c56)c5oc6ccccc6c45)cc3)nc(-c3ccccc3-c3ccccc3)n2)cc1. The van der Waals surface area contributed by atoms with Crippen molar-refractivity contribution in [2.75, 3.05) is 0 Å². The number of nitrogens with zero attached hydrogens (tertiary/aromatic N) is 2. The minimum atomic E-state index is 0.695. The van der Waals surface area contributed by atoms with Gasteiger partial charge < -0.3 is 4.42 Å². The number of aromatic nitrogens is 2. The normalized spacial score (nSPS) is 11.6. The lowest BCUT2D eigenvalue weighted by atomic mass is 9.92. The number of fused-ring (bicyclic) bond motifs is 6. The van der Waals surface area contributed by atoms with E-state index in [9.17, 15) is 0 Å². The third kappa shape index (κ3) is 5.42. The zero-order chi connectivity index (χ0) is 37.0. The van der Waals surface area contributed by atoms with E-state index >= 15 is 0 Å². The second kappa shape index (κ2) is 13.3. The Morgan fingerprint density at radius 3 is 1.70 bits per heavy atom. The first-order chi connectivity index (χ1) is 27.8. The standard InChI is InChI=1S/C52H32N2OS/c1-3-14-33(15-4-1)37-18-7-8-19-41(37)52-53-44(35-16-5-2-6-17-35)32-45(54-52)36-28-26-34(27-29-36)38-30-31-40(51-50(38)42-20-9-11-23-46(42)55-51)39-22-13-25-48-49(39)43-21-10-12-24-47(43)56-48/h1-32H. The highest BCUT2D eigenvalue weighted by Gasteiger charge is 2.20. The van der Waals surface area contributed by atoms with Gasteiger partial charge in [0.2, 0.25) is 0 Å². The van der Waals surface area contributed by atoms with Crippen LogP contribution in [0.5, 0.6) is 0 Å². The molecule has 0 bridgehead atoms. The molecule has 0 atom stereocenters. The maximum Gasteiger partial charge on any atom is 0.161 e. The quantitative estimate of drug-likeness (QED) is 0.171. The van der Waals surface area contributed by atoms with Crippen molar-refractivity contribution in [1.29, 1.82) is 0 Å². The van der Waals surface area contributed by atoms with E-state index < -0.39 is 0 Å². The summed E-state index contributed by atoms with van der Waals surface area (Å²) in [7, 11) is 0. The molecule has 3 nitrogen and oxygen atoms in total. The van der Waals surface area contributed by atoms with E-state index in [1.807, 2.05) is 29.5 Å². The Hall–Kier alpha value is -7.14. The van der Waals surface area contributed by atoms with Gasteiger partial charge in [0.05, 0.1) is 11.4 Å². The minimum Gasteiger partial charge on any atom is -0.455 e. The molecular weight excluding hydrogens is 701 g/mol. The average Bonchev–Trinajstić information content (AvgIpc) is 3.86. The molecule has 56 heavy (non-hydrogen) atoms. The molecule has 11 aromatic rings. The van der Waals surface area contributed by atoms with Gasteiger partial charge in [-0.3, -0.25) is 0 Å². The van der Waals surface area contributed by atoms with Gasteiger partial charge in [-0.2, -0.15) is 0 Å². The van der Waals surface area contributed by atoms with Crippen LogP contribution in [-0.4, -0.2) is 9.97 Å². The summed E-state index contributed by atoms with van der Waals surface area (Å²) in [5, 5.41) is 4.78. The Balaban J connectivity index is 1.06. The highest BCUT2D eigenvalue weighted by atomic mass is 32.1. The molecule has 262 valence electrons. The number of rotatable bonds is 6. The van der Waals surface area contributed by atoms with Gasteiger partial charge in [-0.05, 0) is 58.1 Å². The molecule has 3 heterocycles. The number of para-hydroxylation sites is 1. The molecule has 4 heteroatoms. The van der Waals surface area contributed by atoms with Crippen molar-refractivity contribution in [1.82, 2.24) is 9.97 Å². The molecule has 0 aliphatic heterocycles. The molecule has 0 aliphatic carbocycles. The smallest absolute Gasteiger partial charge is 0.161 e. The Bertz CT molecular complexity index is 3240. The van der Waals surface area contributed by atoms with Crippen molar-refractivity contribution in [3.8, 4) is 67.3 Å². The van der Waals surface area contributed by atoms with Crippen molar-refractivity contribution in [2.45, 2.75) is 0 Å². The van der Waals surface area contributed by atoms with Crippen molar-refractivity contribution < 1.29 is 4.42 Å². The molecule has 0 radical (unpaired) electrons. The van der Waals surface area contributed by atoms with E-state index in [0.29, 0.717) is 5.82 Å². The first-order valence-electron chi connectivity index (χ1n) is 18.8. The molecule has 0 saturated heterocycles. The van der Waals surface area contributed by atoms with Crippen LogP contribution in [0.4, 0.5) is 0 Å². The molecular formula is C52H32N2OS. The van der Waals surface area contributed by atoms with Crippen LogP contribution in [-0.2, 0) is 0 Å². The van der Waals surface area contributed by atoms with Crippen molar-refractivity contribution in [3.63, 3.8) is 0 Å². The number of hydrogen-bond donors (Lipinski definition) is 0. The summed E-state index contributed by atoms with van der Waals surface area (Å²) in [5.41, 5.74) is 13.4. The van der Waals surface area contributed by atoms with Crippen LogP contribution < -0.4 is 0 Å².